The van der Waals surface area contributed by atoms with Crippen LogP contribution in [0.2, 0.25) is 5.02 Å². The summed E-state index contributed by atoms with van der Waals surface area (Å²) in [6, 6.07) is 13.3. The lowest BCUT2D eigenvalue weighted by molar-refractivity contribution is -0.116. The van der Waals surface area contributed by atoms with E-state index in [0.717, 1.165) is 41.0 Å². The van der Waals surface area contributed by atoms with Gasteiger partial charge in [-0.05, 0) is 54.7 Å². The molecule has 0 fully saturated rings. The number of anilines is 1. The lowest BCUT2D eigenvalue weighted by Crippen LogP contribution is -2.33. The number of aromatic nitrogens is 3. The van der Waals surface area contributed by atoms with Gasteiger partial charge in [-0.2, -0.15) is 10.1 Å². The molecule has 2 aliphatic heterocycles. The molecule has 3 aliphatic rings. The normalized spacial score (nSPS) is 21.7. The Labute approximate surface area is 196 Å². The number of halogens is 1. The van der Waals surface area contributed by atoms with Gasteiger partial charge in [0.1, 0.15) is 11.9 Å². The van der Waals surface area contributed by atoms with Crippen molar-refractivity contribution in [1.82, 2.24) is 14.8 Å². The van der Waals surface area contributed by atoms with E-state index in [9.17, 15) is 4.79 Å². The zero-order chi connectivity index (χ0) is 22.5. The third-order valence-corrected chi connectivity index (χ3v) is 6.71. The van der Waals surface area contributed by atoms with Crippen molar-refractivity contribution in [2.45, 2.75) is 38.1 Å². The van der Waals surface area contributed by atoms with Crippen LogP contribution in [0.5, 0.6) is 11.5 Å². The summed E-state index contributed by atoms with van der Waals surface area (Å²) in [7, 11) is 0. The Kier molecular flexibility index (Phi) is 4.87. The molecule has 3 aromatic rings. The van der Waals surface area contributed by atoms with Crippen molar-refractivity contribution in [3.05, 3.63) is 75.7 Å². The second-order valence-electron chi connectivity index (χ2n) is 8.68. The highest BCUT2D eigenvalue weighted by molar-refractivity contribution is 6.30. The van der Waals surface area contributed by atoms with Gasteiger partial charge in [-0.1, -0.05) is 29.8 Å². The van der Waals surface area contributed by atoms with Crippen molar-refractivity contribution in [3.8, 4) is 11.5 Å². The zero-order valence-corrected chi connectivity index (χ0v) is 18.9. The quantitative estimate of drug-likeness (QED) is 0.588. The summed E-state index contributed by atoms with van der Waals surface area (Å²) >= 11 is 6.07. The Morgan fingerprint density at radius 2 is 1.79 bits per heavy atom. The average molecular weight is 463 g/mol. The molecule has 33 heavy (non-hydrogen) atoms. The molecule has 2 aromatic carbocycles. The van der Waals surface area contributed by atoms with Crippen LogP contribution in [0.3, 0.4) is 0 Å². The van der Waals surface area contributed by atoms with E-state index < -0.39 is 0 Å². The Hall–Kier alpha value is -3.32. The van der Waals surface area contributed by atoms with E-state index in [-0.39, 0.29) is 17.7 Å². The van der Waals surface area contributed by atoms with E-state index >= 15 is 0 Å². The van der Waals surface area contributed by atoms with Crippen LogP contribution in [-0.4, -0.2) is 33.8 Å². The van der Waals surface area contributed by atoms with Crippen molar-refractivity contribution >= 4 is 23.3 Å². The van der Waals surface area contributed by atoms with Crippen molar-refractivity contribution in [3.63, 3.8) is 0 Å². The number of allylic oxidation sites excluding steroid dienone is 2. The molecule has 3 heterocycles. The second kappa shape index (κ2) is 7.92. The van der Waals surface area contributed by atoms with Crippen LogP contribution >= 0.6 is 11.6 Å². The van der Waals surface area contributed by atoms with E-state index in [1.165, 1.54) is 0 Å². The topological polar surface area (TPSA) is 78.3 Å². The SMILES string of the molecule is Cc1nc2n(n1)C(c1ccc3c(c1)OCCCO3)C1=C(CC(c3ccc(Cl)cc3)CC1=O)N2. The smallest absolute Gasteiger partial charge is 0.226 e. The number of rotatable bonds is 2. The van der Waals surface area contributed by atoms with Crippen molar-refractivity contribution in [1.29, 1.82) is 0 Å². The van der Waals surface area contributed by atoms with E-state index in [2.05, 4.69) is 15.4 Å². The van der Waals surface area contributed by atoms with Crippen molar-refractivity contribution < 1.29 is 14.3 Å². The van der Waals surface area contributed by atoms with Gasteiger partial charge in [-0.3, -0.25) is 4.79 Å². The monoisotopic (exact) mass is 462 g/mol. The number of Topliss-reactive ketones (excluding diaryl/α,β-unsaturated/α-hetero) is 1. The molecule has 0 spiro atoms. The Morgan fingerprint density at radius 1 is 1.03 bits per heavy atom. The maximum atomic E-state index is 13.6. The number of ketones is 1. The number of benzene rings is 2. The molecule has 2 unspecified atom stereocenters. The number of nitrogens with zero attached hydrogens (tertiary/aromatic N) is 3. The number of carbonyl (C=O) groups excluding carboxylic acids is 1. The number of hydrogen-bond donors (Lipinski definition) is 1. The molecule has 2 atom stereocenters. The van der Waals surface area contributed by atoms with E-state index in [1.807, 2.05) is 54.1 Å². The van der Waals surface area contributed by atoms with Crippen LogP contribution in [0.4, 0.5) is 5.95 Å². The molecule has 0 radical (unpaired) electrons. The predicted octanol–water partition coefficient (Wildman–Crippen LogP) is 4.82. The van der Waals surface area contributed by atoms with Gasteiger partial charge in [0.05, 0.1) is 13.2 Å². The van der Waals surface area contributed by atoms with Gasteiger partial charge >= 0.3 is 0 Å². The summed E-state index contributed by atoms with van der Waals surface area (Å²) < 4.78 is 13.5. The first-order chi connectivity index (χ1) is 16.1. The van der Waals surface area contributed by atoms with Crippen LogP contribution in [0.1, 0.15) is 48.2 Å². The summed E-state index contributed by atoms with van der Waals surface area (Å²) in [5.41, 5.74) is 3.68. The largest absolute Gasteiger partial charge is 0.490 e. The number of fused-ring (bicyclic) bond motifs is 2. The first-order valence-electron chi connectivity index (χ1n) is 11.2. The molecule has 0 saturated carbocycles. The summed E-state index contributed by atoms with van der Waals surface area (Å²) in [5.74, 6) is 2.92. The molecule has 0 bridgehead atoms. The molecule has 1 N–H and O–H groups in total. The van der Waals surface area contributed by atoms with Gasteiger partial charge < -0.3 is 14.8 Å². The van der Waals surface area contributed by atoms with E-state index in [4.69, 9.17) is 21.1 Å². The fourth-order valence-corrected chi connectivity index (χ4v) is 5.07. The number of hydrogen-bond acceptors (Lipinski definition) is 6. The molecular formula is C25H23ClN4O3. The second-order valence-corrected chi connectivity index (χ2v) is 9.12. The summed E-state index contributed by atoms with van der Waals surface area (Å²) in [6.45, 7) is 3.09. The number of aryl methyl sites for hydroxylation is 1. The lowest BCUT2D eigenvalue weighted by Gasteiger charge is -2.35. The molecule has 6 rings (SSSR count). The predicted molar refractivity (Wildman–Crippen MR) is 124 cm³/mol. The van der Waals surface area contributed by atoms with Crippen LogP contribution in [-0.2, 0) is 4.79 Å². The fraction of sp³-hybridized carbons (Fsp3) is 0.320. The number of carbonyl (C=O) groups is 1. The minimum atomic E-state index is -0.367. The molecule has 0 amide bonds. The van der Waals surface area contributed by atoms with Crippen molar-refractivity contribution in [2.75, 3.05) is 18.5 Å². The highest BCUT2D eigenvalue weighted by Crippen LogP contribution is 2.45. The highest BCUT2D eigenvalue weighted by Gasteiger charge is 2.40. The molecule has 0 saturated heterocycles. The van der Waals surface area contributed by atoms with Gasteiger partial charge in [-0.15, -0.1) is 0 Å². The van der Waals surface area contributed by atoms with Crippen LogP contribution in [0.15, 0.2) is 53.7 Å². The maximum absolute atomic E-state index is 13.6. The third kappa shape index (κ3) is 3.56. The average Bonchev–Trinajstić information content (AvgIpc) is 3.01. The molecule has 1 aromatic heterocycles. The van der Waals surface area contributed by atoms with Gasteiger partial charge in [0, 0.05) is 29.1 Å². The molecule has 168 valence electrons. The molecule has 8 heteroatoms. The first kappa shape index (κ1) is 20.3. The molecular weight excluding hydrogens is 440 g/mol. The standard InChI is InChI=1S/C25H23ClN4O3/c1-14-27-25-28-19-11-17(15-3-6-18(26)7-4-15)12-20(31)23(19)24(30(25)29-14)16-5-8-21-22(13-16)33-10-2-9-32-21/h3-8,13,17,24H,2,9-12H2,1H3,(H,27,28,29). The lowest BCUT2D eigenvalue weighted by atomic mass is 9.78. The van der Waals surface area contributed by atoms with Gasteiger partial charge in [0.25, 0.3) is 0 Å². The van der Waals surface area contributed by atoms with E-state index in [0.29, 0.717) is 42.2 Å². The number of nitrogens with one attached hydrogen (secondary N) is 1. The van der Waals surface area contributed by atoms with Crippen LogP contribution in [0, 0.1) is 6.92 Å². The summed E-state index contributed by atoms with van der Waals surface area (Å²) in [6.07, 6.45) is 1.99. The van der Waals surface area contributed by atoms with Crippen molar-refractivity contribution in [2.24, 2.45) is 0 Å². The van der Waals surface area contributed by atoms with Gasteiger partial charge in [0.15, 0.2) is 17.3 Å². The minimum Gasteiger partial charge on any atom is -0.490 e. The maximum Gasteiger partial charge on any atom is 0.226 e. The third-order valence-electron chi connectivity index (χ3n) is 6.45. The number of ether oxygens (including phenoxy) is 2. The zero-order valence-electron chi connectivity index (χ0n) is 18.2. The van der Waals surface area contributed by atoms with E-state index in [1.54, 1.807) is 0 Å². The summed E-state index contributed by atoms with van der Waals surface area (Å²) in [4.78, 5) is 18.2. The summed E-state index contributed by atoms with van der Waals surface area (Å²) in [5, 5.41) is 8.71. The Morgan fingerprint density at radius 3 is 2.61 bits per heavy atom. The minimum absolute atomic E-state index is 0.0843. The molecule has 1 aliphatic carbocycles. The Balaban J connectivity index is 1.44. The highest BCUT2D eigenvalue weighted by atomic mass is 35.5. The van der Waals surface area contributed by atoms with Gasteiger partial charge in [0.2, 0.25) is 5.95 Å². The molecule has 7 nitrogen and oxygen atoms in total. The van der Waals surface area contributed by atoms with Crippen LogP contribution in [0.25, 0.3) is 0 Å². The van der Waals surface area contributed by atoms with Gasteiger partial charge in [-0.25, -0.2) is 4.68 Å². The Bertz CT molecular complexity index is 1280. The first-order valence-corrected chi connectivity index (χ1v) is 11.6. The fourth-order valence-electron chi connectivity index (χ4n) is 4.95. The van der Waals surface area contributed by atoms with Crippen LogP contribution < -0.4 is 14.8 Å².